The van der Waals surface area contributed by atoms with E-state index < -0.39 is 0 Å². The van der Waals surface area contributed by atoms with Crippen LogP contribution >= 0.6 is 0 Å². The zero-order valence-electron chi connectivity index (χ0n) is 17.7. The molecule has 0 radical (unpaired) electrons. The van der Waals surface area contributed by atoms with Crippen LogP contribution in [0.2, 0.25) is 0 Å². The summed E-state index contributed by atoms with van der Waals surface area (Å²) in [6, 6.07) is 14.9. The Morgan fingerprint density at radius 3 is 2.23 bits per heavy atom. The monoisotopic (exact) mass is 407 g/mol. The van der Waals surface area contributed by atoms with E-state index in [4.69, 9.17) is 0 Å². The van der Waals surface area contributed by atoms with Gasteiger partial charge in [-0.25, -0.2) is 0 Å². The van der Waals surface area contributed by atoms with E-state index in [-0.39, 0.29) is 17.6 Å². The highest BCUT2D eigenvalue weighted by Gasteiger charge is 2.21. The Morgan fingerprint density at radius 2 is 1.60 bits per heavy atom. The maximum atomic E-state index is 12.6. The zero-order valence-corrected chi connectivity index (χ0v) is 17.7. The maximum absolute atomic E-state index is 12.6. The van der Waals surface area contributed by atoms with E-state index in [0.29, 0.717) is 43.7 Å². The van der Waals surface area contributed by atoms with Crippen molar-refractivity contribution in [3.8, 4) is 0 Å². The smallest absolute Gasteiger partial charge is 0.227 e. The van der Waals surface area contributed by atoms with Crippen LogP contribution in [0, 0.1) is 6.92 Å². The Balaban J connectivity index is 1.39. The number of hydrogen-bond donors (Lipinski definition) is 1. The highest BCUT2D eigenvalue weighted by Crippen LogP contribution is 2.12. The number of ketones is 1. The minimum absolute atomic E-state index is 0.00408. The summed E-state index contributed by atoms with van der Waals surface area (Å²) in [7, 11) is 0. The molecule has 0 aromatic heterocycles. The van der Waals surface area contributed by atoms with Gasteiger partial charge in [0.15, 0.2) is 5.78 Å². The summed E-state index contributed by atoms with van der Waals surface area (Å²) in [6.07, 6.45) is 0.836. The molecule has 0 unspecified atom stereocenters. The summed E-state index contributed by atoms with van der Waals surface area (Å²) < 4.78 is 0. The number of benzene rings is 2. The lowest BCUT2D eigenvalue weighted by atomic mass is 10.1. The Hall–Kier alpha value is -2.99. The van der Waals surface area contributed by atoms with E-state index in [9.17, 15) is 14.4 Å². The predicted molar refractivity (Wildman–Crippen MR) is 118 cm³/mol. The molecule has 2 aromatic rings. The van der Waals surface area contributed by atoms with Gasteiger partial charge in [-0.1, -0.05) is 24.3 Å². The fourth-order valence-electron chi connectivity index (χ4n) is 3.58. The molecule has 0 bridgehead atoms. The van der Waals surface area contributed by atoms with Crippen LogP contribution in [0.25, 0.3) is 0 Å². The van der Waals surface area contributed by atoms with Crippen molar-refractivity contribution >= 4 is 23.3 Å². The molecule has 0 saturated carbocycles. The third-order valence-corrected chi connectivity index (χ3v) is 5.56. The van der Waals surface area contributed by atoms with Crippen molar-refractivity contribution in [2.75, 3.05) is 38.0 Å². The molecule has 0 spiro atoms. The van der Waals surface area contributed by atoms with Crippen LogP contribution in [-0.2, 0) is 16.0 Å². The fraction of sp³-hybridized carbons (Fsp3) is 0.375. The molecule has 6 nitrogen and oxygen atoms in total. The van der Waals surface area contributed by atoms with Gasteiger partial charge in [0.25, 0.3) is 0 Å². The lowest BCUT2D eigenvalue weighted by Gasteiger charge is -2.34. The first kappa shape index (κ1) is 21.7. The normalized spacial score (nSPS) is 14.4. The van der Waals surface area contributed by atoms with Crippen molar-refractivity contribution in [2.24, 2.45) is 0 Å². The number of carbonyl (C=O) groups is 3. The van der Waals surface area contributed by atoms with Crippen molar-refractivity contribution < 1.29 is 14.4 Å². The van der Waals surface area contributed by atoms with Gasteiger partial charge in [0.2, 0.25) is 11.8 Å². The van der Waals surface area contributed by atoms with Gasteiger partial charge in [-0.2, -0.15) is 0 Å². The molecule has 6 heteroatoms. The zero-order chi connectivity index (χ0) is 21.5. The molecule has 2 aromatic carbocycles. The molecule has 1 heterocycles. The molecule has 3 rings (SSSR count). The number of rotatable bonds is 7. The lowest BCUT2D eigenvalue weighted by molar-refractivity contribution is -0.132. The maximum Gasteiger partial charge on any atom is 0.227 e. The van der Waals surface area contributed by atoms with Crippen molar-refractivity contribution in [1.82, 2.24) is 9.80 Å². The standard InChI is InChI=1S/C24H29N3O3/c1-18-5-3-4-6-21(18)17-24(30)27-15-13-26(14-16-27)12-11-23(29)25-22-9-7-20(8-10-22)19(2)28/h3-10H,11-17H2,1-2H3,(H,25,29). The van der Waals surface area contributed by atoms with Crippen molar-refractivity contribution in [3.05, 3.63) is 65.2 Å². The predicted octanol–water partition coefficient (Wildman–Crippen LogP) is 2.91. The second kappa shape index (κ2) is 10.2. The van der Waals surface area contributed by atoms with Crippen LogP contribution < -0.4 is 5.32 Å². The molecule has 1 fully saturated rings. The van der Waals surface area contributed by atoms with Gasteiger partial charge >= 0.3 is 0 Å². The molecule has 1 aliphatic rings. The molecule has 1 aliphatic heterocycles. The van der Waals surface area contributed by atoms with E-state index in [2.05, 4.69) is 10.2 Å². The first-order valence-corrected chi connectivity index (χ1v) is 10.4. The van der Waals surface area contributed by atoms with Gasteiger partial charge in [0, 0.05) is 50.4 Å². The number of nitrogens with one attached hydrogen (secondary N) is 1. The van der Waals surface area contributed by atoms with E-state index in [1.807, 2.05) is 36.1 Å². The Labute approximate surface area is 177 Å². The van der Waals surface area contributed by atoms with Gasteiger partial charge in [0.1, 0.15) is 0 Å². The number of aryl methyl sites for hydroxylation is 1. The van der Waals surface area contributed by atoms with Crippen molar-refractivity contribution in [3.63, 3.8) is 0 Å². The molecule has 30 heavy (non-hydrogen) atoms. The molecule has 0 aliphatic carbocycles. The van der Waals surface area contributed by atoms with Crippen LogP contribution in [0.4, 0.5) is 5.69 Å². The third kappa shape index (κ3) is 6.00. The van der Waals surface area contributed by atoms with Crippen LogP contribution in [0.15, 0.2) is 48.5 Å². The molecule has 1 saturated heterocycles. The van der Waals surface area contributed by atoms with Gasteiger partial charge in [-0.3, -0.25) is 19.3 Å². The molecule has 2 amide bonds. The first-order valence-electron chi connectivity index (χ1n) is 10.4. The summed E-state index contributed by atoms with van der Waals surface area (Å²) in [5.41, 5.74) is 3.55. The minimum Gasteiger partial charge on any atom is -0.340 e. The van der Waals surface area contributed by atoms with E-state index in [1.54, 1.807) is 24.3 Å². The summed E-state index contributed by atoms with van der Waals surface area (Å²) in [4.78, 5) is 40.2. The average Bonchev–Trinajstić information content (AvgIpc) is 2.74. The number of Topliss-reactive ketones (excluding diaryl/α,β-unsaturated/α-hetero) is 1. The lowest BCUT2D eigenvalue weighted by Crippen LogP contribution is -2.49. The van der Waals surface area contributed by atoms with Gasteiger partial charge in [0.05, 0.1) is 6.42 Å². The molecular formula is C24H29N3O3. The third-order valence-electron chi connectivity index (χ3n) is 5.56. The van der Waals surface area contributed by atoms with Crippen LogP contribution in [-0.4, -0.2) is 60.1 Å². The average molecular weight is 408 g/mol. The number of hydrogen-bond acceptors (Lipinski definition) is 4. The molecule has 158 valence electrons. The van der Waals surface area contributed by atoms with Gasteiger partial charge in [-0.15, -0.1) is 0 Å². The van der Waals surface area contributed by atoms with Crippen molar-refractivity contribution in [2.45, 2.75) is 26.7 Å². The molecule has 1 N–H and O–H groups in total. The fourth-order valence-corrected chi connectivity index (χ4v) is 3.58. The second-order valence-electron chi connectivity index (χ2n) is 7.76. The van der Waals surface area contributed by atoms with Gasteiger partial charge < -0.3 is 10.2 Å². The SMILES string of the molecule is CC(=O)c1ccc(NC(=O)CCN2CCN(C(=O)Cc3ccccc3C)CC2)cc1. The highest BCUT2D eigenvalue weighted by molar-refractivity contribution is 5.95. The topological polar surface area (TPSA) is 69.7 Å². The summed E-state index contributed by atoms with van der Waals surface area (Å²) in [5, 5.41) is 2.87. The van der Waals surface area contributed by atoms with E-state index in [1.165, 1.54) is 6.92 Å². The number of nitrogens with zero attached hydrogens (tertiary/aromatic N) is 2. The molecular weight excluding hydrogens is 378 g/mol. The quantitative estimate of drug-likeness (QED) is 0.717. The minimum atomic E-state index is -0.0522. The number of amides is 2. The largest absolute Gasteiger partial charge is 0.340 e. The first-order chi connectivity index (χ1) is 14.4. The van der Waals surface area contributed by atoms with Crippen LogP contribution in [0.1, 0.15) is 34.8 Å². The second-order valence-corrected chi connectivity index (χ2v) is 7.76. The number of anilines is 1. The highest BCUT2D eigenvalue weighted by atomic mass is 16.2. The Kier molecular flexibility index (Phi) is 7.36. The summed E-state index contributed by atoms with van der Waals surface area (Å²) in [5.74, 6) is 0.115. The Morgan fingerprint density at radius 1 is 0.933 bits per heavy atom. The Bertz CT molecular complexity index is 900. The van der Waals surface area contributed by atoms with E-state index in [0.717, 1.165) is 24.2 Å². The van der Waals surface area contributed by atoms with Crippen LogP contribution in [0.5, 0.6) is 0 Å². The van der Waals surface area contributed by atoms with Crippen LogP contribution in [0.3, 0.4) is 0 Å². The summed E-state index contributed by atoms with van der Waals surface area (Å²) in [6.45, 7) is 7.15. The van der Waals surface area contributed by atoms with E-state index >= 15 is 0 Å². The number of piperazine rings is 1. The summed E-state index contributed by atoms with van der Waals surface area (Å²) >= 11 is 0. The molecule has 0 atom stereocenters. The van der Waals surface area contributed by atoms with Gasteiger partial charge in [-0.05, 0) is 49.2 Å². The number of carbonyl (C=O) groups excluding carboxylic acids is 3. The van der Waals surface area contributed by atoms with Crippen molar-refractivity contribution in [1.29, 1.82) is 0 Å².